The van der Waals surface area contributed by atoms with Gasteiger partial charge in [-0.3, -0.25) is 4.90 Å². The Morgan fingerprint density at radius 1 is 1.32 bits per heavy atom. The summed E-state index contributed by atoms with van der Waals surface area (Å²) in [6, 6.07) is 8.45. The molecule has 2 unspecified atom stereocenters. The number of benzene rings is 1. The van der Waals surface area contributed by atoms with Gasteiger partial charge in [0.15, 0.2) is 0 Å². The Balaban J connectivity index is 2.88. The number of likely N-dealkylation sites (N-methyl/N-ethyl adjacent to an activating group) is 1. The van der Waals surface area contributed by atoms with Crippen LogP contribution in [0.1, 0.15) is 45.2 Å². The monoisotopic (exact) mass is 282 g/mol. The third kappa shape index (κ3) is 5.13. The van der Waals surface area contributed by atoms with Crippen LogP contribution in [-0.4, -0.2) is 24.5 Å². The second-order valence-electron chi connectivity index (χ2n) is 5.74. The fraction of sp³-hybridized carbons (Fsp3) is 0.625. The average molecular weight is 283 g/mol. The molecular weight excluding hydrogens is 256 g/mol. The smallest absolute Gasteiger partial charge is 0.0496 e. The van der Waals surface area contributed by atoms with E-state index in [1.165, 1.54) is 12.0 Å². The quantitative estimate of drug-likeness (QED) is 0.816. The number of nitrogens with two attached hydrogens (primary N) is 1. The number of nitrogens with zero attached hydrogens (tertiary/aromatic N) is 1. The van der Waals surface area contributed by atoms with Crippen molar-refractivity contribution in [2.75, 3.05) is 13.6 Å². The van der Waals surface area contributed by atoms with Crippen molar-refractivity contribution in [2.24, 2.45) is 11.7 Å². The molecule has 0 spiro atoms. The Labute approximate surface area is 122 Å². The standard InChI is InChI=1S/C16H27ClN2/c1-5-15(18)16(19(4)10-9-12(2)3)13-7-6-8-14(17)11-13/h6-8,11-12,15-16H,5,9-10,18H2,1-4H3. The lowest BCUT2D eigenvalue weighted by molar-refractivity contribution is 0.199. The normalized spacial score (nSPS) is 14.9. The van der Waals surface area contributed by atoms with Gasteiger partial charge in [0.2, 0.25) is 0 Å². The highest BCUT2D eigenvalue weighted by Crippen LogP contribution is 2.26. The Bertz CT molecular complexity index is 379. The van der Waals surface area contributed by atoms with Crippen molar-refractivity contribution in [3.8, 4) is 0 Å². The van der Waals surface area contributed by atoms with Gasteiger partial charge in [-0.1, -0.05) is 44.5 Å². The molecule has 0 bridgehead atoms. The predicted octanol–water partition coefficient (Wildman–Crippen LogP) is 4.10. The van der Waals surface area contributed by atoms with Gasteiger partial charge in [-0.2, -0.15) is 0 Å². The average Bonchev–Trinajstić information content (AvgIpc) is 2.36. The van der Waals surface area contributed by atoms with E-state index in [9.17, 15) is 0 Å². The highest BCUT2D eigenvalue weighted by atomic mass is 35.5. The van der Waals surface area contributed by atoms with Gasteiger partial charge in [0.1, 0.15) is 0 Å². The minimum atomic E-state index is 0.135. The van der Waals surface area contributed by atoms with Crippen molar-refractivity contribution in [1.29, 1.82) is 0 Å². The van der Waals surface area contributed by atoms with Crippen LogP contribution in [0.25, 0.3) is 0 Å². The lowest BCUT2D eigenvalue weighted by Crippen LogP contribution is -2.39. The Hall–Kier alpha value is -0.570. The summed E-state index contributed by atoms with van der Waals surface area (Å²) in [6.07, 6.45) is 2.15. The summed E-state index contributed by atoms with van der Waals surface area (Å²) in [4.78, 5) is 2.36. The molecule has 0 heterocycles. The van der Waals surface area contributed by atoms with Gasteiger partial charge >= 0.3 is 0 Å². The zero-order valence-electron chi connectivity index (χ0n) is 12.6. The van der Waals surface area contributed by atoms with Gasteiger partial charge in [-0.25, -0.2) is 0 Å². The van der Waals surface area contributed by atoms with Gasteiger partial charge in [-0.15, -0.1) is 0 Å². The summed E-state index contributed by atoms with van der Waals surface area (Å²) in [5.41, 5.74) is 7.54. The number of rotatable bonds is 7. The molecule has 1 aromatic carbocycles. The summed E-state index contributed by atoms with van der Waals surface area (Å²) in [7, 11) is 2.16. The molecule has 0 aromatic heterocycles. The lowest BCUT2D eigenvalue weighted by Gasteiger charge is -2.33. The van der Waals surface area contributed by atoms with Crippen LogP contribution in [0.15, 0.2) is 24.3 Å². The number of hydrogen-bond donors (Lipinski definition) is 1. The van der Waals surface area contributed by atoms with Gasteiger partial charge in [0.05, 0.1) is 0 Å². The highest BCUT2D eigenvalue weighted by molar-refractivity contribution is 6.30. The maximum atomic E-state index is 6.32. The molecule has 0 amide bonds. The Morgan fingerprint density at radius 2 is 2.00 bits per heavy atom. The van der Waals surface area contributed by atoms with Crippen molar-refractivity contribution in [3.63, 3.8) is 0 Å². The molecule has 3 heteroatoms. The van der Waals surface area contributed by atoms with Gasteiger partial charge in [-0.05, 0) is 50.0 Å². The van der Waals surface area contributed by atoms with E-state index in [0.29, 0.717) is 5.92 Å². The molecule has 0 saturated heterocycles. The van der Waals surface area contributed by atoms with Gasteiger partial charge < -0.3 is 5.73 Å². The van der Waals surface area contributed by atoms with Crippen molar-refractivity contribution in [2.45, 2.75) is 45.7 Å². The molecule has 0 saturated carbocycles. The summed E-state index contributed by atoms with van der Waals surface area (Å²) >= 11 is 6.11. The molecule has 1 rings (SSSR count). The minimum Gasteiger partial charge on any atom is -0.326 e. The molecule has 2 N–H and O–H groups in total. The molecule has 0 radical (unpaired) electrons. The summed E-state index contributed by atoms with van der Waals surface area (Å²) in [5.74, 6) is 0.709. The second-order valence-corrected chi connectivity index (χ2v) is 6.17. The molecule has 2 nitrogen and oxygen atoms in total. The molecule has 108 valence electrons. The van der Waals surface area contributed by atoms with Gasteiger partial charge in [0.25, 0.3) is 0 Å². The predicted molar refractivity (Wildman–Crippen MR) is 84.5 cm³/mol. The van der Waals surface area contributed by atoms with Crippen LogP contribution in [0.3, 0.4) is 0 Å². The first-order chi connectivity index (χ1) is 8.95. The van der Waals surface area contributed by atoms with Crippen LogP contribution < -0.4 is 5.73 Å². The SMILES string of the molecule is CCC(N)C(c1cccc(Cl)c1)N(C)CCC(C)C. The molecular formula is C16H27ClN2. The lowest BCUT2D eigenvalue weighted by atomic mass is 9.96. The van der Waals surface area contributed by atoms with Crippen LogP contribution >= 0.6 is 11.6 Å². The van der Waals surface area contributed by atoms with E-state index in [-0.39, 0.29) is 12.1 Å². The van der Waals surface area contributed by atoms with Crippen molar-refractivity contribution in [3.05, 3.63) is 34.9 Å². The van der Waals surface area contributed by atoms with Crippen LogP contribution in [0.5, 0.6) is 0 Å². The summed E-state index contributed by atoms with van der Waals surface area (Å²) in [5, 5.41) is 0.781. The van der Waals surface area contributed by atoms with Crippen LogP contribution in [0.2, 0.25) is 5.02 Å². The molecule has 0 fully saturated rings. The van der Waals surface area contributed by atoms with Gasteiger partial charge in [0, 0.05) is 17.1 Å². The fourth-order valence-corrected chi connectivity index (χ4v) is 2.54. The van der Waals surface area contributed by atoms with E-state index in [1.807, 2.05) is 18.2 Å². The summed E-state index contributed by atoms with van der Waals surface area (Å²) < 4.78 is 0. The van der Waals surface area contributed by atoms with E-state index < -0.39 is 0 Å². The Kier molecular flexibility index (Phi) is 6.84. The van der Waals surface area contributed by atoms with E-state index in [0.717, 1.165) is 18.0 Å². The molecule has 19 heavy (non-hydrogen) atoms. The molecule has 0 aliphatic carbocycles. The third-order valence-corrected chi connectivity index (χ3v) is 3.84. The van der Waals surface area contributed by atoms with E-state index in [1.54, 1.807) is 0 Å². The first kappa shape index (κ1) is 16.5. The third-order valence-electron chi connectivity index (χ3n) is 3.60. The summed E-state index contributed by atoms with van der Waals surface area (Å²) in [6.45, 7) is 7.70. The van der Waals surface area contributed by atoms with E-state index in [2.05, 4.69) is 38.8 Å². The van der Waals surface area contributed by atoms with Crippen LogP contribution in [-0.2, 0) is 0 Å². The van der Waals surface area contributed by atoms with Crippen molar-refractivity contribution in [1.82, 2.24) is 4.90 Å². The highest BCUT2D eigenvalue weighted by Gasteiger charge is 2.23. The molecule has 0 aliphatic heterocycles. The first-order valence-electron chi connectivity index (χ1n) is 7.17. The zero-order valence-corrected chi connectivity index (χ0v) is 13.3. The maximum Gasteiger partial charge on any atom is 0.0496 e. The topological polar surface area (TPSA) is 29.3 Å². The largest absolute Gasteiger partial charge is 0.326 e. The number of hydrogen-bond acceptors (Lipinski definition) is 2. The molecule has 2 atom stereocenters. The van der Waals surface area contributed by atoms with Crippen LogP contribution in [0.4, 0.5) is 0 Å². The van der Waals surface area contributed by atoms with Crippen LogP contribution in [0, 0.1) is 5.92 Å². The maximum absolute atomic E-state index is 6.32. The Morgan fingerprint density at radius 3 is 2.53 bits per heavy atom. The molecule has 0 aliphatic rings. The second kappa shape index (κ2) is 7.88. The van der Waals surface area contributed by atoms with Crippen molar-refractivity contribution < 1.29 is 0 Å². The van der Waals surface area contributed by atoms with E-state index >= 15 is 0 Å². The minimum absolute atomic E-state index is 0.135. The van der Waals surface area contributed by atoms with E-state index in [4.69, 9.17) is 17.3 Å². The number of halogens is 1. The fourth-order valence-electron chi connectivity index (χ4n) is 2.34. The van der Waals surface area contributed by atoms with Crippen molar-refractivity contribution >= 4 is 11.6 Å². The zero-order chi connectivity index (χ0) is 14.4. The first-order valence-corrected chi connectivity index (χ1v) is 7.54. The molecule has 1 aromatic rings.